The van der Waals surface area contributed by atoms with E-state index in [0.29, 0.717) is 19.4 Å². The van der Waals surface area contributed by atoms with Crippen LogP contribution in [0.3, 0.4) is 0 Å². The smallest absolute Gasteiger partial charge is 0.313 e. The van der Waals surface area contributed by atoms with E-state index >= 15 is 0 Å². The quantitative estimate of drug-likeness (QED) is 0.495. The van der Waals surface area contributed by atoms with Crippen LogP contribution in [0.25, 0.3) is 0 Å². The highest BCUT2D eigenvalue weighted by Crippen LogP contribution is 2.58. The number of aliphatic hydroxyl groups excluding tert-OH is 1. The van der Waals surface area contributed by atoms with Gasteiger partial charge < -0.3 is 24.4 Å². The van der Waals surface area contributed by atoms with Crippen LogP contribution >= 0.6 is 0 Å². The molecule has 2 amide bonds. The van der Waals surface area contributed by atoms with Crippen molar-refractivity contribution < 1.29 is 29.0 Å². The van der Waals surface area contributed by atoms with Crippen LogP contribution in [0, 0.1) is 17.8 Å². The van der Waals surface area contributed by atoms with Crippen molar-refractivity contribution in [2.45, 2.75) is 76.8 Å². The Morgan fingerprint density at radius 3 is 2.42 bits per heavy atom. The molecule has 0 aromatic carbocycles. The van der Waals surface area contributed by atoms with Crippen LogP contribution in [0.1, 0.15) is 47.5 Å². The first-order chi connectivity index (χ1) is 15.6. The highest BCUT2D eigenvalue weighted by atomic mass is 16.6. The summed E-state index contributed by atoms with van der Waals surface area (Å²) in [6, 6.07) is -1.62. The fraction of sp³-hybridized carbons (Fsp3) is 0.720. The molecule has 0 saturated carbocycles. The summed E-state index contributed by atoms with van der Waals surface area (Å²) in [5, 5.41) is 10.2. The molecule has 2 saturated heterocycles. The number of likely N-dealkylation sites (tertiary alicyclic amines) is 1. The first-order valence-electron chi connectivity index (χ1n) is 12.1. The number of fused-ring (bicyclic) bond motifs is 2. The highest BCUT2D eigenvalue weighted by Gasteiger charge is 2.76. The molecule has 4 rings (SSSR count). The second kappa shape index (κ2) is 8.55. The molecule has 4 heterocycles. The zero-order chi connectivity index (χ0) is 24.1. The van der Waals surface area contributed by atoms with Gasteiger partial charge in [0.05, 0.1) is 25.2 Å². The van der Waals surface area contributed by atoms with Crippen LogP contribution in [-0.4, -0.2) is 81.8 Å². The molecule has 1 spiro atoms. The van der Waals surface area contributed by atoms with Crippen LogP contribution in [-0.2, 0) is 23.9 Å². The molecule has 33 heavy (non-hydrogen) atoms. The van der Waals surface area contributed by atoms with Gasteiger partial charge in [0.1, 0.15) is 23.2 Å². The molecule has 2 fully saturated rings. The summed E-state index contributed by atoms with van der Waals surface area (Å²) in [4.78, 5) is 44.7. The molecule has 0 radical (unpaired) electrons. The Morgan fingerprint density at radius 1 is 1.09 bits per heavy atom. The molecule has 6 atom stereocenters. The average Bonchev–Trinajstić information content (AvgIpc) is 3.09. The highest BCUT2D eigenvalue weighted by molar-refractivity contribution is 5.99. The van der Waals surface area contributed by atoms with Crippen LogP contribution in [0.4, 0.5) is 0 Å². The first kappa shape index (κ1) is 24.0. The number of cyclic esters (lactones) is 1. The molecule has 0 aromatic rings. The van der Waals surface area contributed by atoms with Gasteiger partial charge in [-0.15, -0.1) is 0 Å². The Labute approximate surface area is 195 Å². The Hall–Kier alpha value is -2.19. The maximum Gasteiger partial charge on any atom is 0.313 e. The Balaban J connectivity index is 1.95. The number of nitrogens with zero attached hydrogens (tertiary/aromatic N) is 2. The van der Waals surface area contributed by atoms with Gasteiger partial charge in [-0.1, -0.05) is 45.1 Å². The zero-order valence-electron chi connectivity index (χ0n) is 20.2. The Morgan fingerprint density at radius 2 is 1.82 bits per heavy atom. The first-order valence-corrected chi connectivity index (χ1v) is 12.1. The SMILES string of the molecule is CC[C@]12C=CCCOC(=O)[C@H]1[C@H]1C(=O)N([C@@H](CO)C(C)C)C3C(=O)N(C(C)C)CC=C[C@@]31O2. The van der Waals surface area contributed by atoms with Crippen LogP contribution in [0.15, 0.2) is 24.3 Å². The summed E-state index contributed by atoms with van der Waals surface area (Å²) in [5.74, 6) is -2.88. The van der Waals surface area contributed by atoms with E-state index in [-0.39, 0.29) is 37.0 Å². The minimum atomic E-state index is -1.31. The number of carbonyl (C=O) groups excluding carboxylic acids is 3. The van der Waals surface area contributed by atoms with Crippen molar-refractivity contribution in [2.24, 2.45) is 17.8 Å². The van der Waals surface area contributed by atoms with Crippen molar-refractivity contribution in [1.29, 1.82) is 0 Å². The molecule has 4 aliphatic rings. The third-order valence-corrected chi connectivity index (χ3v) is 7.81. The molecule has 0 aromatic heterocycles. The number of hydrogen-bond acceptors (Lipinski definition) is 6. The molecule has 8 heteroatoms. The summed E-state index contributed by atoms with van der Waals surface area (Å²) in [7, 11) is 0. The molecule has 4 aliphatic heterocycles. The number of aliphatic hydroxyl groups is 1. The molecule has 0 aliphatic carbocycles. The second-order valence-corrected chi connectivity index (χ2v) is 10.2. The van der Waals surface area contributed by atoms with Crippen LogP contribution in [0.2, 0.25) is 0 Å². The molecule has 8 nitrogen and oxygen atoms in total. The topological polar surface area (TPSA) is 96.4 Å². The molecule has 1 N–H and O–H groups in total. The summed E-state index contributed by atoms with van der Waals surface area (Å²) >= 11 is 0. The average molecular weight is 461 g/mol. The Kier molecular flexibility index (Phi) is 6.20. The Bertz CT molecular complexity index is 882. The lowest BCUT2D eigenvalue weighted by Crippen LogP contribution is -2.60. The van der Waals surface area contributed by atoms with Gasteiger partial charge in [-0.3, -0.25) is 14.4 Å². The van der Waals surface area contributed by atoms with Gasteiger partial charge in [0.15, 0.2) is 0 Å². The number of ether oxygens (including phenoxy) is 2. The van der Waals surface area contributed by atoms with E-state index in [1.54, 1.807) is 4.90 Å². The largest absolute Gasteiger partial charge is 0.465 e. The molecular formula is C25H36N2O6. The monoisotopic (exact) mass is 460 g/mol. The zero-order valence-corrected chi connectivity index (χ0v) is 20.2. The van der Waals surface area contributed by atoms with E-state index in [4.69, 9.17) is 9.47 Å². The maximum absolute atomic E-state index is 14.1. The number of esters is 1. The number of carbonyl (C=O) groups is 3. The van der Waals surface area contributed by atoms with E-state index in [1.807, 2.05) is 58.9 Å². The fourth-order valence-electron chi connectivity index (χ4n) is 6.13. The normalized spacial score (nSPS) is 37.0. The van der Waals surface area contributed by atoms with Crippen molar-refractivity contribution in [3.63, 3.8) is 0 Å². The van der Waals surface area contributed by atoms with Gasteiger partial charge in [0.25, 0.3) is 0 Å². The minimum Gasteiger partial charge on any atom is -0.465 e. The summed E-state index contributed by atoms with van der Waals surface area (Å²) in [5.41, 5.74) is -2.35. The lowest BCUT2D eigenvalue weighted by atomic mass is 9.73. The van der Waals surface area contributed by atoms with Crippen molar-refractivity contribution in [3.8, 4) is 0 Å². The maximum atomic E-state index is 14.1. The lowest BCUT2D eigenvalue weighted by molar-refractivity contribution is -0.164. The van der Waals surface area contributed by atoms with Gasteiger partial charge in [-0.25, -0.2) is 0 Å². The summed E-state index contributed by atoms with van der Waals surface area (Å²) in [6.45, 7) is 9.98. The standard InChI is InChI=1S/C25H36N2O6/c1-6-24-10-7-8-13-32-23(31)19(24)18-21(29)27(17(14-28)15(2)3)20-22(30)26(16(4)5)12-9-11-25(18,20)33-24/h7,9-11,15-20,28H,6,8,12-14H2,1-5H3/t17-,18-,19+,20?,24-,25-/m0/s1. The molecule has 0 bridgehead atoms. The third-order valence-electron chi connectivity index (χ3n) is 7.81. The van der Waals surface area contributed by atoms with Gasteiger partial charge in [-0.2, -0.15) is 0 Å². The summed E-state index contributed by atoms with van der Waals surface area (Å²) < 4.78 is 12.3. The second-order valence-electron chi connectivity index (χ2n) is 10.2. The third kappa shape index (κ3) is 3.36. The fourth-order valence-corrected chi connectivity index (χ4v) is 6.13. The van der Waals surface area contributed by atoms with E-state index in [2.05, 4.69) is 0 Å². The van der Waals surface area contributed by atoms with Gasteiger partial charge in [0.2, 0.25) is 11.8 Å². The number of amides is 2. The number of rotatable bonds is 5. The predicted octanol–water partition coefficient (Wildman–Crippen LogP) is 1.67. The van der Waals surface area contributed by atoms with Crippen LogP contribution < -0.4 is 0 Å². The van der Waals surface area contributed by atoms with E-state index in [9.17, 15) is 19.5 Å². The van der Waals surface area contributed by atoms with Gasteiger partial charge >= 0.3 is 5.97 Å². The summed E-state index contributed by atoms with van der Waals surface area (Å²) in [6.07, 6.45) is 8.58. The van der Waals surface area contributed by atoms with Crippen molar-refractivity contribution >= 4 is 17.8 Å². The van der Waals surface area contributed by atoms with Gasteiger partial charge in [0, 0.05) is 12.6 Å². The van der Waals surface area contributed by atoms with Crippen molar-refractivity contribution in [1.82, 2.24) is 9.80 Å². The van der Waals surface area contributed by atoms with E-state index in [1.165, 1.54) is 4.90 Å². The van der Waals surface area contributed by atoms with Crippen molar-refractivity contribution in [3.05, 3.63) is 24.3 Å². The van der Waals surface area contributed by atoms with Crippen molar-refractivity contribution in [2.75, 3.05) is 19.8 Å². The number of hydrogen-bond donors (Lipinski definition) is 1. The molecule has 1 unspecified atom stereocenters. The van der Waals surface area contributed by atoms with E-state index in [0.717, 1.165) is 0 Å². The lowest BCUT2D eigenvalue weighted by Gasteiger charge is -2.42. The molecular weight excluding hydrogens is 424 g/mol. The van der Waals surface area contributed by atoms with E-state index < -0.39 is 41.1 Å². The van der Waals surface area contributed by atoms with Crippen LogP contribution in [0.5, 0.6) is 0 Å². The predicted molar refractivity (Wildman–Crippen MR) is 121 cm³/mol. The van der Waals surface area contributed by atoms with Gasteiger partial charge in [-0.05, 0) is 32.6 Å². The molecule has 182 valence electrons. The minimum absolute atomic E-state index is 0.0833.